The van der Waals surface area contributed by atoms with Gasteiger partial charge in [-0.1, -0.05) is 44.2 Å². The number of nitriles is 1. The lowest BCUT2D eigenvalue weighted by molar-refractivity contribution is -0.133. The van der Waals surface area contributed by atoms with Crippen LogP contribution in [-0.4, -0.2) is 41.5 Å². The summed E-state index contributed by atoms with van der Waals surface area (Å²) < 4.78 is 0. The number of nitrogens with zero attached hydrogens (tertiary/aromatic N) is 3. The highest BCUT2D eigenvalue weighted by Gasteiger charge is 2.51. The first kappa shape index (κ1) is 17.0. The fourth-order valence-electron chi connectivity index (χ4n) is 2.85. The SMILES string of the molecule is CCN(CCC#N)CN1C(=O)NC(CC)(c2ccccc2)C1=O. The van der Waals surface area contributed by atoms with E-state index in [2.05, 4.69) is 11.4 Å². The number of carbonyl (C=O) groups is 2. The molecule has 0 aliphatic carbocycles. The monoisotopic (exact) mass is 314 g/mol. The third kappa shape index (κ3) is 3.20. The van der Waals surface area contributed by atoms with Gasteiger partial charge in [-0.25, -0.2) is 9.69 Å². The summed E-state index contributed by atoms with van der Waals surface area (Å²) in [6.45, 7) is 5.25. The van der Waals surface area contributed by atoms with E-state index in [-0.39, 0.29) is 18.6 Å². The Kier molecular flexibility index (Phi) is 5.35. The molecule has 1 aromatic carbocycles. The van der Waals surface area contributed by atoms with Crippen molar-refractivity contribution in [3.05, 3.63) is 35.9 Å². The van der Waals surface area contributed by atoms with Crippen molar-refractivity contribution in [2.75, 3.05) is 19.8 Å². The highest BCUT2D eigenvalue weighted by atomic mass is 16.2. The van der Waals surface area contributed by atoms with Gasteiger partial charge in [-0.3, -0.25) is 9.69 Å². The number of hydrogen-bond donors (Lipinski definition) is 1. The Morgan fingerprint density at radius 2 is 1.96 bits per heavy atom. The zero-order chi connectivity index (χ0) is 16.9. The molecule has 23 heavy (non-hydrogen) atoms. The van der Waals surface area contributed by atoms with Crippen LogP contribution < -0.4 is 5.32 Å². The molecule has 6 heteroatoms. The van der Waals surface area contributed by atoms with Gasteiger partial charge in [0, 0.05) is 13.0 Å². The van der Waals surface area contributed by atoms with Gasteiger partial charge >= 0.3 is 6.03 Å². The molecule has 0 spiro atoms. The van der Waals surface area contributed by atoms with Crippen molar-refractivity contribution in [1.82, 2.24) is 15.1 Å². The number of amides is 3. The summed E-state index contributed by atoms with van der Waals surface area (Å²) in [7, 11) is 0. The van der Waals surface area contributed by atoms with Gasteiger partial charge in [0.2, 0.25) is 0 Å². The molecule has 1 fully saturated rings. The molecule has 2 rings (SSSR count). The molecule has 1 aliphatic heterocycles. The first-order chi connectivity index (χ1) is 11.1. The number of nitrogens with one attached hydrogen (secondary N) is 1. The second kappa shape index (κ2) is 7.25. The maximum Gasteiger partial charge on any atom is 0.326 e. The van der Waals surface area contributed by atoms with Crippen LogP contribution in [0.1, 0.15) is 32.3 Å². The molecule has 1 aliphatic rings. The van der Waals surface area contributed by atoms with Gasteiger partial charge in [0.1, 0.15) is 5.54 Å². The van der Waals surface area contributed by atoms with Crippen LogP contribution in [0.15, 0.2) is 30.3 Å². The molecule has 1 aromatic rings. The number of imide groups is 1. The van der Waals surface area contributed by atoms with E-state index in [0.717, 1.165) is 5.56 Å². The molecule has 0 bridgehead atoms. The van der Waals surface area contributed by atoms with Crippen LogP contribution in [0.25, 0.3) is 0 Å². The highest BCUT2D eigenvalue weighted by molar-refractivity contribution is 6.07. The van der Waals surface area contributed by atoms with Crippen molar-refractivity contribution < 1.29 is 9.59 Å². The Bertz CT molecular complexity index is 611. The molecule has 1 heterocycles. The molecule has 0 radical (unpaired) electrons. The highest BCUT2D eigenvalue weighted by Crippen LogP contribution is 2.32. The summed E-state index contributed by atoms with van der Waals surface area (Å²) in [4.78, 5) is 28.5. The first-order valence-corrected chi connectivity index (χ1v) is 7.88. The van der Waals surface area contributed by atoms with Crippen molar-refractivity contribution in [2.24, 2.45) is 0 Å². The Balaban J connectivity index is 2.23. The van der Waals surface area contributed by atoms with Gasteiger partial charge in [-0.2, -0.15) is 5.26 Å². The van der Waals surface area contributed by atoms with Crippen molar-refractivity contribution in [3.63, 3.8) is 0 Å². The number of hydrogen-bond acceptors (Lipinski definition) is 4. The van der Waals surface area contributed by atoms with Gasteiger partial charge in [0.05, 0.1) is 12.7 Å². The maximum atomic E-state index is 12.9. The summed E-state index contributed by atoms with van der Waals surface area (Å²) in [5.74, 6) is -0.230. The number of benzene rings is 1. The van der Waals surface area contributed by atoms with Crippen LogP contribution in [0.3, 0.4) is 0 Å². The van der Waals surface area contributed by atoms with E-state index in [1.54, 1.807) is 0 Å². The van der Waals surface area contributed by atoms with E-state index >= 15 is 0 Å². The Morgan fingerprint density at radius 1 is 1.26 bits per heavy atom. The van der Waals surface area contributed by atoms with E-state index in [1.807, 2.05) is 49.1 Å². The fraction of sp³-hybridized carbons (Fsp3) is 0.471. The molecule has 1 saturated heterocycles. The smallest absolute Gasteiger partial charge is 0.319 e. The lowest BCUT2D eigenvalue weighted by atomic mass is 9.87. The zero-order valence-corrected chi connectivity index (χ0v) is 13.6. The number of carbonyl (C=O) groups excluding carboxylic acids is 2. The van der Waals surface area contributed by atoms with Gasteiger partial charge in [0.15, 0.2) is 0 Å². The van der Waals surface area contributed by atoms with E-state index in [9.17, 15) is 9.59 Å². The number of urea groups is 1. The lowest BCUT2D eigenvalue weighted by Crippen LogP contribution is -2.45. The third-order valence-electron chi connectivity index (χ3n) is 4.30. The minimum absolute atomic E-state index is 0.206. The van der Waals surface area contributed by atoms with Crippen LogP contribution in [0.4, 0.5) is 4.79 Å². The largest absolute Gasteiger partial charge is 0.326 e. The Morgan fingerprint density at radius 3 is 2.52 bits per heavy atom. The Hall–Kier alpha value is -2.39. The van der Waals surface area contributed by atoms with Gasteiger partial charge in [-0.15, -0.1) is 0 Å². The quantitative estimate of drug-likeness (QED) is 0.781. The van der Waals surface area contributed by atoms with Crippen molar-refractivity contribution in [3.8, 4) is 6.07 Å². The summed E-state index contributed by atoms with van der Waals surface area (Å²) in [6, 6.07) is 11.0. The van der Waals surface area contributed by atoms with Gasteiger partial charge in [0.25, 0.3) is 5.91 Å². The van der Waals surface area contributed by atoms with Crippen LogP contribution in [0.5, 0.6) is 0 Å². The molecule has 3 amide bonds. The predicted octanol–water partition coefficient (Wildman–Crippen LogP) is 2.04. The second-order valence-corrected chi connectivity index (χ2v) is 5.55. The molecule has 0 aromatic heterocycles. The summed E-state index contributed by atoms with van der Waals surface area (Å²) >= 11 is 0. The lowest BCUT2D eigenvalue weighted by Gasteiger charge is -2.27. The molecule has 1 atom stereocenters. The zero-order valence-electron chi connectivity index (χ0n) is 13.6. The molecule has 1 N–H and O–H groups in total. The average Bonchev–Trinajstić information content (AvgIpc) is 2.84. The van der Waals surface area contributed by atoms with E-state index in [1.165, 1.54) is 4.90 Å². The van der Waals surface area contributed by atoms with E-state index in [4.69, 9.17) is 5.26 Å². The normalized spacial score (nSPS) is 20.7. The summed E-state index contributed by atoms with van der Waals surface area (Å²) in [6.07, 6.45) is 0.859. The van der Waals surface area contributed by atoms with Crippen molar-refractivity contribution in [1.29, 1.82) is 5.26 Å². The minimum Gasteiger partial charge on any atom is -0.319 e. The molecule has 0 saturated carbocycles. The van der Waals surface area contributed by atoms with Gasteiger partial charge < -0.3 is 5.32 Å². The maximum absolute atomic E-state index is 12.9. The average molecular weight is 314 g/mol. The second-order valence-electron chi connectivity index (χ2n) is 5.55. The third-order valence-corrected chi connectivity index (χ3v) is 4.30. The van der Waals surface area contributed by atoms with Crippen LogP contribution in [-0.2, 0) is 10.3 Å². The minimum atomic E-state index is -0.993. The Labute approximate surface area is 136 Å². The topological polar surface area (TPSA) is 76.4 Å². The molecule has 1 unspecified atom stereocenters. The predicted molar refractivity (Wildman–Crippen MR) is 86.1 cm³/mol. The van der Waals surface area contributed by atoms with Crippen LogP contribution in [0.2, 0.25) is 0 Å². The standard InChI is InChI=1S/C17H22N4O2/c1-3-17(14-9-6-5-7-10-14)15(22)21(16(23)19-17)13-20(4-2)12-8-11-18/h5-7,9-10H,3-4,8,12-13H2,1-2H3,(H,19,23). The number of rotatable bonds is 7. The molecule has 122 valence electrons. The molecular weight excluding hydrogens is 292 g/mol. The molecule has 6 nitrogen and oxygen atoms in total. The van der Waals surface area contributed by atoms with Crippen molar-refractivity contribution >= 4 is 11.9 Å². The molecular formula is C17H22N4O2. The van der Waals surface area contributed by atoms with Gasteiger partial charge in [-0.05, 0) is 18.5 Å². The fourth-order valence-corrected chi connectivity index (χ4v) is 2.85. The van der Waals surface area contributed by atoms with Crippen LogP contribution >= 0.6 is 0 Å². The van der Waals surface area contributed by atoms with Crippen molar-refractivity contribution in [2.45, 2.75) is 32.2 Å². The van der Waals surface area contributed by atoms with E-state index in [0.29, 0.717) is 25.9 Å². The summed E-state index contributed by atoms with van der Waals surface area (Å²) in [5.41, 5.74) is -0.198. The first-order valence-electron chi connectivity index (χ1n) is 7.88. The summed E-state index contributed by atoms with van der Waals surface area (Å²) in [5, 5.41) is 11.6. The van der Waals surface area contributed by atoms with Crippen LogP contribution in [0, 0.1) is 11.3 Å². The van der Waals surface area contributed by atoms with E-state index < -0.39 is 5.54 Å².